The van der Waals surface area contributed by atoms with Gasteiger partial charge in [-0.1, -0.05) is 22.0 Å². The molecule has 0 radical (unpaired) electrons. The van der Waals surface area contributed by atoms with Gasteiger partial charge in [-0.15, -0.1) is 0 Å². The fourth-order valence-electron chi connectivity index (χ4n) is 1.27. The zero-order chi connectivity index (χ0) is 10.8. The molecule has 0 atom stereocenters. The molecule has 1 aromatic carbocycles. The molecule has 0 aliphatic carbocycles. The summed E-state index contributed by atoms with van der Waals surface area (Å²) in [7, 11) is 0. The Morgan fingerprint density at radius 2 is 1.87 bits per heavy atom. The van der Waals surface area contributed by atoms with Crippen molar-refractivity contribution in [1.82, 2.24) is 9.97 Å². The standard InChI is InChI=1S/C11H10BrN3/c1-7-4-8(2-3-10(7)12)11-14-5-9(13)6-15-11/h2-6H,13H2,1H3. The third kappa shape index (κ3) is 2.15. The van der Waals surface area contributed by atoms with Gasteiger partial charge in [-0.2, -0.15) is 0 Å². The number of benzene rings is 1. The first-order chi connectivity index (χ1) is 7.16. The Morgan fingerprint density at radius 3 is 2.47 bits per heavy atom. The van der Waals surface area contributed by atoms with Crippen LogP contribution in [0.15, 0.2) is 35.1 Å². The van der Waals surface area contributed by atoms with Gasteiger partial charge in [-0.25, -0.2) is 9.97 Å². The van der Waals surface area contributed by atoms with E-state index in [-0.39, 0.29) is 0 Å². The number of anilines is 1. The van der Waals surface area contributed by atoms with E-state index in [4.69, 9.17) is 5.73 Å². The van der Waals surface area contributed by atoms with Crippen molar-refractivity contribution >= 4 is 21.6 Å². The Bertz CT molecular complexity index is 480. The lowest BCUT2D eigenvalue weighted by molar-refractivity contribution is 1.18. The van der Waals surface area contributed by atoms with Crippen molar-refractivity contribution in [3.63, 3.8) is 0 Å². The minimum atomic E-state index is 0.576. The topological polar surface area (TPSA) is 51.8 Å². The van der Waals surface area contributed by atoms with Crippen molar-refractivity contribution in [2.45, 2.75) is 6.92 Å². The van der Waals surface area contributed by atoms with Crippen molar-refractivity contribution in [2.75, 3.05) is 5.73 Å². The number of hydrogen-bond donors (Lipinski definition) is 1. The Balaban J connectivity index is 2.45. The third-order valence-electron chi connectivity index (χ3n) is 2.09. The lowest BCUT2D eigenvalue weighted by Gasteiger charge is -2.03. The van der Waals surface area contributed by atoms with Crippen LogP contribution < -0.4 is 5.73 Å². The smallest absolute Gasteiger partial charge is 0.159 e. The monoisotopic (exact) mass is 263 g/mol. The molecule has 76 valence electrons. The Kier molecular flexibility index (Phi) is 2.68. The van der Waals surface area contributed by atoms with E-state index < -0.39 is 0 Å². The summed E-state index contributed by atoms with van der Waals surface area (Å²) in [5, 5.41) is 0. The van der Waals surface area contributed by atoms with Gasteiger partial charge in [-0.3, -0.25) is 0 Å². The summed E-state index contributed by atoms with van der Waals surface area (Å²) >= 11 is 3.45. The summed E-state index contributed by atoms with van der Waals surface area (Å²) in [6.45, 7) is 2.03. The van der Waals surface area contributed by atoms with E-state index >= 15 is 0 Å². The van der Waals surface area contributed by atoms with E-state index in [0.29, 0.717) is 11.5 Å². The maximum Gasteiger partial charge on any atom is 0.159 e. The van der Waals surface area contributed by atoms with Gasteiger partial charge in [-0.05, 0) is 24.6 Å². The van der Waals surface area contributed by atoms with Gasteiger partial charge < -0.3 is 5.73 Å². The van der Waals surface area contributed by atoms with E-state index in [2.05, 4.69) is 25.9 Å². The molecule has 0 bridgehead atoms. The van der Waals surface area contributed by atoms with Gasteiger partial charge in [0.15, 0.2) is 5.82 Å². The van der Waals surface area contributed by atoms with Crippen LogP contribution in [0.25, 0.3) is 11.4 Å². The van der Waals surface area contributed by atoms with Crippen LogP contribution in [0.3, 0.4) is 0 Å². The number of rotatable bonds is 1. The van der Waals surface area contributed by atoms with Crippen molar-refractivity contribution in [2.24, 2.45) is 0 Å². The number of aromatic nitrogens is 2. The van der Waals surface area contributed by atoms with Gasteiger partial charge in [0.05, 0.1) is 18.1 Å². The van der Waals surface area contributed by atoms with Crippen LogP contribution in [0.2, 0.25) is 0 Å². The Labute approximate surface area is 96.5 Å². The fourth-order valence-corrected chi connectivity index (χ4v) is 1.52. The molecule has 3 nitrogen and oxygen atoms in total. The van der Waals surface area contributed by atoms with E-state index in [1.165, 1.54) is 0 Å². The summed E-state index contributed by atoms with van der Waals surface area (Å²) in [4.78, 5) is 8.34. The van der Waals surface area contributed by atoms with Crippen LogP contribution in [-0.2, 0) is 0 Å². The summed E-state index contributed by atoms with van der Waals surface area (Å²) in [6, 6.07) is 6.00. The van der Waals surface area contributed by atoms with Crippen LogP contribution in [0.5, 0.6) is 0 Å². The van der Waals surface area contributed by atoms with Crippen LogP contribution >= 0.6 is 15.9 Å². The maximum atomic E-state index is 5.53. The molecule has 1 aromatic heterocycles. The fraction of sp³-hybridized carbons (Fsp3) is 0.0909. The maximum absolute atomic E-state index is 5.53. The predicted octanol–water partition coefficient (Wildman–Crippen LogP) is 2.80. The zero-order valence-electron chi connectivity index (χ0n) is 8.24. The summed E-state index contributed by atoms with van der Waals surface area (Å²) in [6.07, 6.45) is 3.22. The SMILES string of the molecule is Cc1cc(-c2ncc(N)cn2)ccc1Br. The third-order valence-corrected chi connectivity index (χ3v) is 2.98. The average Bonchev–Trinajstić information content (AvgIpc) is 2.23. The number of hydrogen-bond acceptors (Lipinski definition) is 3. The van der Waals surface area contributed by atoms with E-state index in [9.17, 15) is 0 Å². The minimum Gasteiger partial charge on any atom is -0.396 e. The lowest BCUT2D eigenvalue weighted by Crippen LogP contribution is -1.92. The molecule has 0 aliphatic rings. The van der Waals surface area contributed by atoms with Crippen LogP contribution in [-0.4, -0.2) is 9.97 Å². The Morgan fingerprint density at radius 1 is 1.20 bits per heavy atom. The number of nitrogen functional groups attached to an aromatic ring is 1. The molecule has 15 heavy (non-hydrogen) atoms. The molecule has 4 heteroatoms. The largest absolute Gasteiger partial charge is 0.396 e. The first kappa shape index (κ1) is 10.1. The highest BCUT2D eigenvalue weighted by Crippen LogP contribution is 2.22. The van der Waals surface area contributed by atoms with E-state index in [0.717, 1.165) is 15.6 Å². The molecule has 0 saturated carbocycles. The molecule has 2 N–H and O–H groups in total. The van der Waals surface area contributed by atoms with Crippen LogP contribution in [0.4, 0.5) is 5.69 Å². The van der Waals surface area contributed by atoms with Crippen LogP contribution in [0.1, 0.15) is 5.56 Å². The number of halogens is 1. The minimum absolute atomic E-state index is 0.576. The molecule has 0 aliphatic heterocycles. The van der Waals surface area contributed by atoms with Gasteiger partial charge in [0, 0.05) is 10.0 Å². The number of nitrogens with two attached hydrogens (primary N) is 1. The zero-order valence-corrected chi connectivity index (χ0v) is 9.82. The average molecular weight is 264 g/mol. The molecule has 1 heterocycles. The van der Waals surface area contributed by atoms with Crippen LogP contribution in [0, 0.1) is 6.92 Å². The first-order valence-electron chi connectivity index (χ1n) is 4.51. The van der Waals surface area contributed by atoms with Gasteiger partial charge >= 0.3 is 0 Å². The second kappa shape index (κ2) is 3.98. The highest BCUT2D eigenvalue weighted by Gasteiger charge is 2.02. The molecule has 0 spiro atoms. The van der Waals surface area contributed by atoms with Crippen molar-refractivity contribution < 1.29 is 0 Å². The van der Waals surface area contributed by atoms with Gasteiger partial charge in [0.2, 0.25) is 0 Å². The van der Waals surface area contributed by atoms with E-state index in [1.54, 1.807) is 12.4 Å². The highest BCUT2D eigenvalue weighted by molar-refractivity contribution is 9.10. The molecule has 0 saturated heterocycles. The van der Waals surface area contributed by atoms with E-state index in [1.807, 2.05) is 25.1 Å². The predicted molar refractivity (Wildman–Crippen MR) is 64.3 cm³/mol. The van der Waals surface area contributed by atoms with Crippen molar-refractivity contribution in [3.05, 3.63) is 40.6 Å². The quantitative estimate of drug-likeness (QED) is 0.861. The summed E-state index contributed by atoms with van der Waals surface area (Å²) < 4.78 is 1.08. The summed E-state index contributed by atoms with van der Waals surface area (Å²) in [5.41, 5.74) is 8.26. The second-order valence-electron chi connectivity index (χ2n) is 3.30. The second-order valence-corrected chi connectivity index (χ2v) is 4.16. The summed E-state index contributed by atoms with van der Waals surface area (Å²) in [5.74, 6) is 0.694. The molecular formula is C11H10BrN3. The molecule has 0 fully saturated rings. The normalized spacial score (nSPS) is 10.3. The lowest BCUT2D eigenvalue weighted by atomic mass is 10.1. The molecular weight excluding hydrogens is 254 g/mol. The van der Waals surface area contributed by atoms with Crippen molar-refractivity contribution in [1.29, 1.82) is 0 Å². The number of nitrogens with zero attached hydrogens (tertiary/aromatic N) is 2. The number of aryl methyl sites for hydroxylation is 1. The molecule has 2 aromatic rings. The molecule has 2 rings (SSSR count). The highest BCUT2D eigenvalue weighted by atomic mass is 79.9. The van der Waals surface area contributed by atoms with Gasteiger partial charge in [0.25, 0.3) is 0 Å². The Hall–Kier alpha value is -1.42. The molecule has 0 unspecified atom stereocenters. The molecule has 0 amide bonds. The van der Waals surface area contributed by atoms with Crippen molar-refractivity contribution in [3.8, 4) is 11.4 Å². The first-order valence-corrected chi connectivity index (χ1v) is 5.30. The van der Waals surface area contributed by atoms with Gasteiger partial charge in [0.1, 0.15) is 0 Å².